The van der Waals surface area contributed by atoms with Crippen molar-refractivity contribution in [3.63, 3.8) is 0 Å². The molecule has 0 aliphatic rings. The third-order valence-electron chi connectivity index (χ3n) is 2.89. The van der Waals surface area contributed by atoms with E-state index in [0.29, 0.717) is 12.1 Å². The summed E-state index contributed by atoms with van der Waals surface area (Å²) in [5.41, 5.74) is 6.97. The van der Waals surface area contributed by atoms with Crippen LogP contribution in [-0.2, 0) is 6.54 Å². The first kappa shape index (κ1) is 14.1. The zero-order valence-electron chi connectivity index (χ0n) is 10.5. The van der Waals surface area contributed by atoms with Gasteiger partial charge in [-0.3, -0.25) is 4.79 Å². The number of halogens is 1. The molecule has 2 rings (SSSR count). The van der Waals surface area contributed by atoms with Crippen molar-refractivity contribution in [2.45, 2.75) is 19.5 Å². The second kappa shape index (κ2) is 6.19. The maximum absolute atomic E-state index is 11.0. The lowest BCUT2D eigenvalue weighted by molar-refractivity contribution is 0.100. The van der Waals surface area contributed by atoms with Crippen LogP contribution in [0.25, 0.3) is 0 Å². The molecule has 1 aromatic carbocycles. The lowest BCUT2D eigenvalue weighted by Crippen LogP contribution is -2.17. The molecule has 1 aromatic heterocycles. The third kappa shape index (κ3) is 3.80. The van der Waals surface area contributed by atoms with Crippen molar-refractivity contribution in [3.8, 4) is 0 Å². The summed E-state index contributed by atoms with van der Waals surface area (Å²) in [7, 11) is 0. The van der Waals surface area contributed by atoms with E-state index < -0.39 is 0 Å². The molecule has 0 spiro atoms. The number of amides is 1. The Morgan fingerprint density at radius 1 is 1.42 bits per heavy atom. The summed E-state index contributed by atoms with van der Waals surface area (Å²) >= 11 is 7.39. The van der Waals surface area contributed by atoms with Gasteiger partial charge in [-0.25, -0.2) is 0 Å². The van der Waals surface area contributed by atoms with Gasteiger partial charge in [0.2, 0.25) is 5.91 Å². The Balaban J connectivity index is 1.94. The highest BCUT2D eigenvalue weighted by Crippen LogP contribution is 2.18. The van der Waals surface area contributed by atoms with Crippen LogP contribution in [0, 0.1) is 0 Å². The van der Waals surface area contributed by atoms with Crippen molar-refractivity contribution in [1.82, 2.24) is 5.32 Å². The molecule has 0 aliphatic heterocycles. The molecule has 3 N–H and O–H groups in total. The van der Waals surface area contributed by atoms with Crippen molar-refractivity contribution < 1.29 is 4.79 Å². The molecule has 1 atom stereocenters. The molecule has 2 aromatic rings. The quantitative estimate of drug-likeness (QED) is 0.888. The molecule has 0 fully saturated rings. The first-order valence-electron chi connectivity index (χ1n) is 5.92. The molecule has 5 heteroatoms. The topological polar surface area (TPSA) is 55.1 Å². The Morgan fingerprint density at radius 2 is 2.11 bits per heavy atom. The van der Waals surface area contributed by atoms with Crippen molar-refractivity contribution in [2.24, 2.45) is 5.73 Å². The standard InChI is InChI=1S/C14H15ClN2OS/c1-9(10-2-4-12(15)5-3-10)17-7-13-6-11(8-19-13)14(16)18/h2-6,8-9,17H,7H2,1H3,(H2,16,18). The maximum Gasteiger partial charge on any atom is 0.249 e. The average molecular weight is 295 g/mol. The second-order valence-electron chi connectivity index (χ2n) is 4.32. The van der Waals surface area contributed by atoms with Crippen molar-refractivity contribution >= 4 is 28.8 Å². The van der Waals surface area contributed by atoms with Crippen LogP contribution >= 0.6 is 22.9 Å². The molecule has 0 bridgehead atoms. The summed E-state index contributed by atoms with van der Waals surface area (Å²) in [6.07, 6.45) is 0. The van der Waals surface area contributed by atoms with E-state index in [9.17, 15) is 4.79 Å². The number of nitrogens with two attached hydrogens (primary N) is 1. The van der Waals surface area contributed by atoms with Gasteiger partial charge in [0, 0.05) is 27.9 Å². The van der Waals surface area contributed by atoms with Gasteiger partial charge in [-0.1, -0.05) is 23.7 Å². The number of hydrogen-bond donors (Lipinski definition) is 2. The Labute approximate surface area is 121 Å². The Kier molecular flexibility index (Phi) is 4.58. The Hall–Kier alpha value is -1.36. The van der Waals surface area contributed by atoms with E-state index in [2.05, 4.69) is 12.2 Å². The molecule has 1 heterocycles. The maximum atomic E-state index is 11.0. The first-order chi connectivity index (χ1) is 9.06. The summed E-state index contributed by atoms with van der Waals surface area (Å²) in [4.78, 5) is 12.1. The van der Waals surface area contributed by atoms with Gasteiger partial charge in [-0.05, 0) is 30.7 Å². The van der Waals surface area contributed by atoms with Crippen molar-refractivity contribution in [1.29, 1.82) is 0 Å². The molecule has 0 aliphatic carbocycles. The number of rotatable bonds is 5. The molecular weight excluding hydrogens is 280 g/mol. The number of thiophene rings is 1. The van der Waals surface area contributed by atoms with Crippen LogP contribution < -0.4 is 11.1 Å². The monoisotopic (exact) mass is 294 g/mol. The number of carbonyl (C=O) groups is 1. The zero-order chi connectivity index (χ0) is 13.8. The fourth-order valence-corrected chi connectivity index (χ4v) is 2.68. The lowest BCUT2D eigenvalue weighted by Gasteiger charge is -2.13. The van der Waals surface area contributed by atoms with E-state index in [-0.39, 0.29) is 11.9 Å². The van der Waals surface area contributed by atoms with Gasteiger partial charge in [0.15, 0.2) is 0 Å². The van der Waals surface area contributed by atoms with E-state index in [4.69, 9.17) is 17.3 Å². The number of primary amides is 1. The summed E-state index contributed by atoms with van der Waals surface area (Å²) < 4.78 is 0. The van der Waals surface area contributed by atoms with Gasteiger partial charge in [0.25, 0.3) is 0 Å². The average Bonchev–Trinajstić information content (AvgIpc) is 2.86. The highest BCUT2D eigenvalue weighted by Gasteiger charge is 2.07. The van der Waals surface area contributed by atoms with Crippen molar-refractivity contribution in [2.75, 3.05) is 0 Å². The Morgan fingerprint density at radius 3 is 2.68 bits per heavy atom. The molecule has 1 amide bonds. The SMILES string of the molecule is CC(NCc1cc(C(N)=O)cs1)c1ccc(Cl)cc1. The smallest absolute Gasteiger partial charge is 0.249 e. The molecule has 0 saturated heterocycles. The molecule has 0 saturated carbocycles. The summed E-state index contributed by atoms with van der Waals surface area (Å²) in [5, 5.41) is 5.92. The molecule has 0 radical (unpaired) electrons. The van der Waals surface area contributed by atoms with Gasteiger partial charge < -0.3 is 11.1 Å². The fraction of sp³-hybridized carbons (Fsp3) is 0.214. The molecule has 3 nitrogen and oxygen atoms in total. The predicted molar refractivity (Wildman–Crippen MR) is 79.5 cm³/mol. The van der Waals surface area contributed by atoms with E-state index in [1.165, 1.54) is 16.9 Å². The van der Waals surface area contributed by atoms with E-state index in [0.717, 1.165) is 9.90 Å². The van der Waals surface area contributed by atoms with Gasteiger partial charge in [0.05, 0.1) is 5.56 Å². The summed E-state index contributed by atoms with van der Waals surface area (Å²) in [6.45, 7) is 2.80. The summed E-state index contributed by atoms with van der Waals surface area (Å²) in [5.74, 6) is -0.381. The zero-order valence-corrected chi connectivity index (χ0v) is 12.1. The van der Waals surface area contributed by atoms with Crippen LogP contribution in [0.15, 0.2) is 35.7 Å². The normalized spacial score (nSPS) is 12.3. The number of benzene rings is 1. The highest BCUT2D eigenvalue weighted by molar-refractivity contribution is 7.10. The largest absolute Gasteiger partial charge is 0.366 e. The van der Waals surface area contributed by atoms with E-state index in [1.54, 1.807) is 5.38 Å². The lowest BCUT2D eigenvalue weighted by atomic mass is 10.1. The third-order valence-corrected chi connectivity index (χ3v) is 4.08. The van der Waals surface area contributed by atoms with Crippen LogP contribution in [-0.4, -0.2) is 5.91 Å². The van der Waals surface area contributed by atoms with Crippen LogP contribution in [0.1, 0.15) is 33.8 Å². The molecule has 1 unspecified atom stereocenters. The van der Waals surface area contributed by atoms with Crippen LogP contribution in [0.5, 0.6) is 0 Å². The minimum atomic E-state index is -0.381. The van der Waals surface area contributed by atoms with Gasteiger partial charge in [0.1, 0.15) is 0 Å². The molecule has 19 heavy (non-hydrogen) atoms. The van der Waals surface area contributed by atoms with Gasteiger partial charge in [-0.15, -0.1) is 11.3 Å². The number of nitrogens with one attached hydrogen (secondary N) is 1. The number of carbonyl (C=O) groups excluding carboxylic acids is 1. The minimum absolute atomic E-state index is 0.219. The predicted octanol–water partition coefficient (Wildman–Crippen LogP) is 3.35. The fourth-order valence-electron chi connectivity index (χ4n) is 1.73. The van der Waals surface area contributed by atoms with Crippen LogP contribution in [0.4, 0.5) is 0 Å². The minimum Gasteiger partial charge on any atom is -0.366 e. The highest BCUT2D eigenvalue weighted by atomic mass is 35.5. The van der Waals surface area contributed by atoms with Crippen LogP contribution in [0.2, 0.25) is 5.02 Å². The molecule has 100 valence electrons. The van der Waals surface area contributed by atoms with E-state index >= 15 is 0 Å². The second-order valence-corrected chi connectivity index (χ2v) is 5.75. The van der Waals surface area contributed by atoms with E-state index in [1.807, 2.05) is 30.3 Å². The molecular formula is C14H15ClN2OS. The van der Waals surface area contributed by atoms with Crippen molar-refractivity contribution in [3.05, 3.63) is 56.7 Å². The first-order valence-corrected chi connectivity index (χ1v) is 7.18. The Bertz CT molecular complexity index is 565. The van der Waals surface area contributed by atoms with Gasteiger partial charge in [-0.2, -0.15) is 0 Å². The number of hydrogen-bond acceptors (Lipinski definition) is 3. The summed E-state index contributed by atoms with van der Waals surface area (Å²) in [6, 6.07) is 9.81. The van der Waals surface area contributed by atoms with Crippen LogP contribution in [0.3, 0.4) is 0 Å². The van der Waals surface area contributed by atoms with Gasteiger partial charge >= 0.3 is 0 Å².